The fourth-order valence-electron chi connectivity index (χ4n) is 3.13. The third-order valence-corrected chi connectivity index (χ3v) is 8.01. The Hall–Kier alpha value is -3.00. The lowest BCUT2D eigenvalue weighted by Gasteiger charge is -2.23. The molecule has 0 saturated heterocycles. The van der Waals surface area contributed by atoms with E-state index in [0.717, 1.165) is 46.8 Å². The van der Waals surface area contributed by atoms with Crippen LogP contribution < -0.4 is 4.18 Å². The lowest BCUT2D eigenvalue weighted by Crippen LogP contribution is -2.33. The van der Waals surface area contributed by atoms with Gasteiger partial charge in [0, 0.05) is 20.2 Å². The molecule has 7 nitrogen and oxygen atoms in total. The molecule has 0 unspecified atom stereocenters. The monoisotopic (exact) mass is 547 g/mol. The summed E-state index contributed by atoms with van der Waals surface area (Å²) in [7, 11) is -7.36. The molecule has 3 aromatic rings. The maximum absolute atomic E-state index is 13.2. The fraction of sp³-hybridized carbons (Fsp3) is 0.217. The fourth-order valence-corrected chi connectivity index (χ4v) is 5.52. The summed E-state index contributed by atoms with van der Waals surface area (Å²) in [6.07, 6.45) is -4.73. The Morgan fingerprint density at radius 2 is 1.53 bits per heavy atom. The number of hydrogen-bond donors (Lipinski definition) is 0. The highest BCUT2D eigenvalue weighted by Gasteiger charge is 2.33. The van der Waals surface area contributed by atoms with E-state index in [0.29, 0.717) is 11.6 Å². The summed E-state index contributed by atoms with van der Waals surface area (Å²) >= 11 is 0. The van der Waals surface area contributed by atoms with E-state index in [9.17, 15) is 34.4 Å². The molecule has 13 heteroatoms. The summed E-state index contributed by atoms with van der Waals surface area (Å²) in [6.45, 7) is -0.545. The highest BCUT2D eigenvalue weighted by atomic mass is 32.2. The van der Waals surface area contributed by atoms with E-state index in [1.54, 1.807) is 0 Å². The van der Waals surface area contributed by atoms with E-state index in [-0.39, 0.29) is 30.3 Å². The van der Waals surface area contributed by atoms with Crippen molar-refractivity contribution in [1.82, 2.24) is 4.31 Å². The summed E-state index contributed by atoms with van der Waals surface area (Å²) < 4.78 is 115. The van der Waals surface area contributed by atoms with Crippen LogP contribution in [0.25, 0.3) is 0 Å². The minimum atomic E-state index is -4.73. The number of benzene rings is 3. The van der Waals surface area contributed by atoms with Gasteiger partial charge in [0.25, 0.3) is 0 Å². The van der Waals surface area contributed by atoms with Crippen LogP contribution in [0.1, 0.15) is 11.1 Å². The number of hydrogen-bond acceptors (Lipinski definition) is 6. The second kappa shape index (κ2) is 10.9. The van der Waals surface area contributed by atoms with E-state index in [2.05, 4.69) is 0 Å². The Bertz CT molecular complexity index is 1410. The zero-order chi connectivity index (χ0) is 26.6. The maximum atomic E-state index is 13.2. The first-order chi connectivity index (χ1) is 16.8. The number of halogens is 4. The van der Waals surface area contributed by atoms with Gasteiger partial charge in [-0.25, -0.2) is 12.8 Å². The Kier molecular flexibility index (Phi) is 8.39. The number of nitrogens with zero attached hydrogens (tertiary/aromatic N) is 1. The quantitative estimate of drug-likeness (QED) is 0.275. The highest BCUT2D eigenvalue weighted by molar-refractivity contribution is 7.89. The van der Waals surface area contributed by atoms with E-state index < -0.39 is 42.6 Å². The molecule has 0 spiro atoms. The molecule has 0 aliphatic carbocycles. The van der Waals surface area contributed by atoms with Crippen LogP contribution in [0.15, 0.2) is 82.6 Å². The average Bonchev–Trinajstić information content (AvgIpc) is 2.81. The largest absolute Gasteiger partial charge is 0.416 e. The predicted molar refractivity (Wildman–Crippen MR) is 122 cm³/mol. The molecule has 0 aliphatic rings. The van der Waals surface area contributed by atoms with Crippen LogP contribution >= 0.6 is 0 Å². The van der Waals surface area contributed by atoms with Crippen molar-refractivity contribution >= 4 is 20.1 Å². The van der Waals surface area contributed by atoms with Crippen molar-refractivity contribution in [3.8, 4) is 5.75 Å². The van der Waals surface area contributed by atoms with Crippen LogP contribution in [0, 0.1) is 5.82 Å². The maximum Gasteiger partial charge on any atom is 0.416 e. The van der Waals surface area contributed by atoms with E-state index in [1.807, 2.05) is 0 Å². The number of methoxy groups -OCH3 is 1. The summed E-state index contributed by atoms with van der Waals surface area (Å²) in [4.78, 5) is -0.845. The van der Waals surface area contributed by atoms with Crippen LogP contribution in [0.3, 0.4) is 0 Å². The molecule has 3 aromatic carbocycles. The molecule has 0 bridgehead atoms. The van der Waals surface area contributed by atoms with Crippen molar-refractivity contribution in [1.29, 1.82) is 0 Å². The Morgan fingerprint density at radius 3 is 2.17 bits per heavy atom. The van der Waals surface area contributed by atoms with Crippen molar-refractivity contribution in [2.24, 2.45) is 0 Å². The molecule has 0 atom stereocenters. The van der Waals surface area contributed by atoms with Gasteiger partial charge in [0.05, 0.1) is 17.1 Å². The van der Waals surface area contributed by atoms with Gasteiger partial charge in [0.2, 0.25) is 10.0 Å². The van der Waals surface area contributed by atoms with Crippen LogP contribution in [-0.2, 0) is 37.6 Å². The standard InChI is InChI=1S/C23H21F4NO6S2/c1-33-13-12-28(35(29,30)22-7-3-5-18(15-22)23(25,26)27)16-17-4-2-6-20(14-17)34-36(31,32)21-10-8-19(24)9-11-21/h2-11,14-15H,12-13,16H2,1H3. The molecular weight excluding hydrogens is 526 g/mol. The molecule has 0 aliphatic heterocycles. The second-order valence-corrected chi connectivity index (χ2v) is 11.0. The predicted octanol–water partition coefficient (Wildman–Crippen LogP) is 4.45. The lowest BCUT2D eigenvalue weighted by molar-refractivity contribution is -0.137. The van der Waals surface area contributed by atoms with Crippen molar-refractivity contribution in [3.05, 3.63) is 89.7 Å². The van der Waals surface area contributed by atoms with Gasteiger partial charge in [-0.2, -0.15) is 25.9 Å². The molecule has 0 amide bonds. The first-order valence-corrected chi connectivity index (χ1v) is 13.1. The van der Waals surface area contributed by atoms with E-state index in [4.69, 9.17) is 8.92 Å². The zero-order valence-electron chi connectivity index (χ0n) is 18.8. The molecule has 0 saturated carbocycles. The Balaban J connectivity index is 1.89. The minimum Gasteiger partial charge on any atom is -0.383 e. The Labute approximate surface area is 206 Å². The summed E-state index contributed by atoms with van der Waals surface area (Å²) in [5, 5.41) is 0. The van der Waals surface area contributed by atoms with Crippen LogP contribution in [-0.4, -0.2) is 41.4 Å². The van der Waals surface area contributed by atoms with Crippen LogP contribution in [0.4, 0.5) is 17.6 Å². The number of alkyl halides is 3. The molecule has 36 heavy (non-hydrogen) atoms. The summed E-state index contributed by atoms with van der Waals surface area (Å²) in [6, 6.07) is 12.9. The molecule has 3 rings (SSSR count). The first kappa shape index (κ1) is 27.6. The number of rotatable bonds is 10. The van der Waals surface area contributed by atoms with E-state index >= 15 is 0 Å². The number of sulfonamides is 1. The van der Waals surface area contributed by atoms with Crippen LogP contribution in [0.5, 0.6) is 5.75 Å². The Morgan fingerprint density at radius 1 is 0.861 bits per heavy atom. The lowest BCUT2D eigenvalue weighted by atomic mass is 10.2. The van der Waals surface area contributed by atoms with Gasteiger partial charge in [-0.15, -0.1) is 0 Å². The van der Waals surface area contributed by atoms with Gasteiger partial charge in [-0.1, -0.05) is 18.2 Å². The zero-order valence-corrected chi connectivity index (χ0v) is 20.4. The average molecular weight is 548 g/mol. The SMILES string of the molecule is COCCN(Cc1cccc(OS(=O)(=O)c2ccc(F)cc2)c1)S(=O)(=O)c1cccc(C(F)(F)F)c1. The molecule has 0 fully saturated rings. The molecular formula is C23H21F4NO6S2. The molecule has 194 valence electrons. The van der Waals surface area contributed by atoms with Gasteiger partial charge in [-0.3, -0.25) is 0 Å². The van der Waals surface area contributed by atoms with Crippen molar-refractivity contribution < 1.29 is 43.3 Å². The van der Waals surface area contributed by atoms with Gasteiger partial charge in [0.1, 0.15) is 16.5 Å². The second-order valence-electron chi connectivity index (χ2n) is 7.50. The molecule has 0 aromatic heterocycles. The molecule has 0 N–H and O–H groups in total. The smallest absolute Gasteiger partial charge is 0.383 e. The van der Waals surface area contributed by atoms with Crippen molar-refractivity contribution in [3.63, 3.8) is 0 Å². The molecule has 0 heterocycles. The van der Waals surface area contributed by atoms with Gasteiger partial charge < -0.3 is 8.92 Å². The van der Waals surface area contributed by atoms with Gasteiger partial charge in [-0.05, 0) is 60.2 Å². The third kappa shape index (κ3) is 6.81. The van der Waals surface area contributed by atoms with Gasteiger partial charge in [0.15, 0.2) is 0 Å². The van der Waals surface area contributed by atoms with Crippen LogP contribution in [0.2, 0.25) is 0 Å². The minimum absolute atomic E-state index is 0.0483. The topological polar surface area (TPSA) is 90.0 Å². The summed E-state index contributed by atoms with van der Waals surface area (Å²) in [5.74, 6) is -0.769. The van der Waals surface area contributed by atoms with E-state index in [1.165, 1.54) is 31.4 Å². The highest BCUT2D eigenvalue weighted by Crippen LogP contribution is 2.31. The first-order valence-electron chi connectivity index (χ1n) is 10.3. The summed E-state index contributed by atoms with van der Waals surface area (Å²) in [5.41, 5.74) is -0.815. The van der Waals surface area contributed by atoms with Crippen molar-refractivity contribution in [2.75, 3.05) is 20.3 Å². The van der Waals surface area contributed by atoms with Crippen molar-refractivity contribution in [2.45, 2.75) is 22.5 Å². The third-order valence-electron chi connectivity index (χ3n) is 4.91. The normalized spacial score (nSPS) is 12.6. The van der Waals surface area contributed by atoms with Gasteiger partial charge >= 0.3 is 16.3 Å². The molecule has 0 radical (unpaired) electrons. The number of ether oxygens (including phenoxy) is 1.